The SMILES string of the molecule is Cc1cc(Cl)ccc1OCC(=O)NN=Cc1ccc2ccccc2c1O. The molecular formula is C20H17ClN2O3. The number of rotatable bonds is 5. The maximum absolute atomic E-state index is 11.8. The lowest BCUT2D eigenvalue weighted by Crippen LogP contribution is -2.24. The van der Waals surface area contributed by atoms with Crippen LogP contribution >= 0.6 is 11.6 Å². The molecule has 0 atom stereocenters. The summed E-state index contributed by atoms with van der Waals surface area (Å²) >= 11 is 5.88. The Kier molecular flexibility index (Phi) is 5.39. The first-order chi connectivity index (χ1) is 12.5. The Balaban J connectivity index is 1.60. The van der Waals surface area contributed by atoms with Crippen LogP contribution in [0, 0.1) is 6.92 Å². The van der Waals surface area contributed by atoms with Crippen LogP contribution in [0.3, 0.4) is 0 Å². The number of phenols is 1. The minimum Gasteiger partial charge on any atom is -0.507 e. The van der Waals surface area contributed by atoms with Crippen LogP contribution in [0.2, 0.25) is 5.02 Å². The average Bonchev–Trinajstić information content (AvgIpc) is 2.63. The number of hydrazone groups is 1. The van der Waals surface area contributed by atoms with Crippen molar-refractivity contribution in [2.75, 3.05) is 6.61 Å². The molecule has 0 radical (unpaired) electrons. The van der Waals surface area contributed by atoms with Crippen LogP contribution in [0.15, 0.2) is 59.7 Å². The monoisotopic (exact) mass is 368 g/mol. The number of amides is 1. The lowest BCUT2D eigenvalue weighted by Gasteiger charge is -2.08. The lowest BCUT2D eigenvalue weighted by atomic mass is 10.1. The molecule has 0 aliphatic rings. The summed E-state index contributed by atoms with van der Waals surface area (Å²) in [6.07, 6.45) is 1.40. The van der Waals surface area contributed by atoms with Gasteiger partial charge < -0.3 is 9.84 Å². The summed E-state index contributed by atoms with van der Waals surface area (Å²) in [5, 5.41) is 16.4. The zero-order chi connectivity index (χ0) is 18.5. The molecule has 0 saturated carbocycles. The Hall–Kier alpha value is -3.05. The van der Waals surface area contributed by atoms with E-state index in [2.05, 4.69) is 10.5 Å². The Morgan fingerprint density at radius 1 is 1.23 bits per heavy atom. The number of hydrogen-bond donors (Lipinski definition) is 2. The molecule has 0 spiro atoms. The molecule has 0 saturated heterocycles. The van der Waals surface area contributed by atoms with Crippen LogP contribution < -0.4 is 10.2 Å². The summed E-state index contributed by atoms with van der Waals surface area (Å²) in [6.45, 7) is 1.67. The minimum atomic E-state index is -0.407. The summed E-state index contributed by atoms with van der Waals surface area (Å²) in [5.41, 5.74) is 3.73. The number of aromatic hydroxyl groups is 1. The number of hydrogen-bond acceptors (Lipinski definition) is 4. The van der Waals surface area contributed by atoms with E-state index >= 15 is 0 Å². The van der Waals surface area contributed by atoms with E-state index in [1.807, 2.05) is 37.3 Å². The molecule has 5 nitrogen and oxygen atoms in total. The van der Waals surface area contributed by atoms with Crippen LogP contribution in [0.25, 0.3) is 10.8 Å². The van der Waals surface area contributed by atoms with Gasteiger partial charge in [0.1, 0.15) is 11.5 Å². The van der Waals surface area contributed by atoms with Gasteiger partial charge in [-0.15, -0.1) is 0 Å². The van der Waals surface area contributed by atoms with E-state index in [0.717, 1.165) is 16.3 Å². The average molecular weight is 369 g/mol. The molecule has 0 heterocycles. The van der Waals surface area contributed by atoms with Crippen molar-refractivity contribution in [1.29, 1.82) is 0 Å². The summed E-state index contributed by atoms with van der Waals surface area (Å²) in [4.78, 5) is 11.8. The number of benzene rings is 3. The third kappa shape index (κ3) is 4.13. The molecule has 2 N–H and O–H groups in total. The Labute approximate surface area is 155 Å². The molecule has 3 rings (SSSR count). The van der Waals surface area contributed by atoms with E-state index < -0.39 is 5.91 Å². The number of nitrogens with zero attached hydrogens (tertiary/aromatic N) is 1. The first-order valence-corrected chi connectivity index (χ1v) is 8.34. The van der Waals surface area contributed by atoms with Crippen LogP contribution in [-0.2, 0) is 4.79 Å². The number of fused-ring (bicyclic) bond motifs is 1. The van der Waals surface area contributed by atoms with Crippen LogP contribution in [-0.4, -0.2) is 23.8 Å². The molecule has 0 fully saturated rings. The third-order valence-electron chi connectivity index (χ3n) is 3.82. The number of carbonyl (C=O) groups is 1. The van der Waals surface area contributed by atoms with Gasteiger partial charge in [0, 0.05) is 16.0 Å². The van der Waals surface area contributed by atoms with Crippen molar-refractivity contribution in [1.82, 2.24) is 5.43 Å². The Bertz CT molecular complexity index is 986. The van der Waals surface area contributed by atoms with Gasteiger partial charge in [0.2, 0.25) is 0 Å². The van der Waals surface area contributed by atoms with Crippen LogP contribution in [0.5, 0.6) is 11.5 Å². The summed E-state index contributed by atoms with van der Waals surface area (Å²) in [7, 11) is 0. The number of phenolic OH excluding ortho intramolecular Hbond substituents is 1. The topological polar surface area (TPSA) is 70.9 Å². The van der Waals surface area contributed by atoms with Crippen molar-refractivity contribution in [2.24, 2.45) is 5.10 Å². The second kappa shape index (κ2) is 7.89. The van der Waals surface area contributed by atoms with Gasteiger partial charge in [-0.05, 0) is 42.1 Å². The quantitative estimate of drug-likeness (QED) is 0.527. The molecule has 6 heteroatoms. The van der Waals surface area contributed by atoms with Gasteiger partial charge in [-0.1, -0.05) is 41.9 Å². The molecule has 1 amide bonds. The van der Waals surface area contributed by atoms with E-state index in [4.69, 9.17) is 16.3 Å². The molecule has 0 unspecified atom stereocenters. The highest BCUT2D eigenvalue weighted by Gasteiger charge is 2.06. The van der Waals surface area contributed by atoms with Crippen molar-refractivity contribution in [3.05, 3.63) is 70.7 Å². The van der Waals surface area contributed by atoms with Crippen LogP contribution in [0.4, 0.5) is 0 Å². The van der Waals surface area contributed by atoms with E-state index in [0.29, 0.717) is 16.3 Å². The van der Waals surface area contributed by atoms with E-state index in [1.54, 1.807) is 24.3 Å². The van der Waals surface area contributed by atoms with Crippen molar-refractivity contribution in [3.63, 3.8) is 0 Å². The normalized spacial score (nSPS) is 11.0. The molecule has 3 aromatic carbocycles. The van der Waals surface area contributed by atoms with Crippen LogP contribution in [0.1, 0.15) is 11.1 Å². The van der Waals surface area contributed by atoms with Gasteiger partial charge >= 0.3 is 0 Å². The first kappa shape index (κ1) is 17.8. The minimum absolute atomic E-state index is 0.120. The zero-order valence-corrected chi connectivity index (χ0v) is 14.8. The fourth-order valence-corrected chi connectivity index (χ4v) is 2.73. The van der Waals surface area contributed by atoms with Crippen molar-refractivity contribution >= 4 is 34.5 Å². The molecule has 0 aliphatic heterocycles. The van der Waals surface area contributed by atoms with Crippen molar-refractivity contribution < 1.29 is 14.6 Å². The molecule has 26 heavy (non-hydrogen) atoms. The Morgan fingerprint density at radius 2 is 2.04 bits per heavy atom. The van der Waals surface area contributed by atoms with Gasteiger partial charge in [0.15, 0.2) is 6.61 Å². The van der Waals surface area contributed by atoms with E-state index in [-0.39, 0.29) is 12.4 Å². The number of halogens is 1. The number of nitrogens with one attached hydrogen (secondary N) is 1. The van der Waals surface area contributed by atoms with E-state index in [1.165, 1.54) is 6.21 Å². The lowest BCUT2D eigenvalue weighted by molar-refractivity contribution is -0.123. The number of carbonyl (C=O) groups excluding carboxylic acids is 1. The van der Waals surface area contributed by atoms with Gasteiger partial charge in [-0.2, -0.15) is 5.10 Å². The first-order valence-electron chi connectivity index (χ1n) is 7.96. The van der Waals surface area contributed by atoms with Gasteiger partial charge in [-0.3, -0.25) is 4.79 Å². The predicted molar refractivity (Wildman–Crippen MR) is 103 cm³/mol. The van der Waals surface area contributed by atoms with Crippen molar-refractivity contribution in [2.45, 2.75) is 6.92 Å². The maximum Gasteiger partial charge on any atom is 0.277 e. The molecule has 132 valence electrons. The standard InChI is InChI=1S/C20H17ClN2O3/c1-13-10-16(21)8-9-18(13)26-12-19(24)23-22-11-15-7-6-14-4-2-3-5-17(14)20(15)25/h2-11,25H,12H2,1H3,(H,23,24). The third-order valence-corrected chi connectivity index (χ3v) is 4.06. The highest BCUT2D eigenvalue weighted by atomic mass is 35.5. The predicted octanol–water partition coefficient (Wildman–Crippen LogP) is 4.04. The molecule has 0 aliphatic carbocycles. The molecule has 0 aromatic heterocycles. The summed E-state index contributed by atoms with van der Waals surface area (Å²) in [6, 6.07) is 16.3. The highest BCUT2D eigenvalue weighted by Crippen LogP contribution is 2.27. The van der Waals surface area contributed by atoms with E-state index in [9.17, 15) is 9.90 Å². The van der Waals surface area contributed by atoms with Gasteiger partial charge in [-0.25, -0.2) is 5.43 Å². The number of ether oxygens (including phenoxy) is 1. The fourth-order valence-electron chi connectivity index (χ4n) is 2.50. The largest absolute Gasteiger partial charge is 0.507 e. The fraction of sp³-hybridized carbons (Fsp3) is 0.100. The summed E-state index contributed by atoms with van der Waals surface area (Å²) in [5.74, 6) is 0.297. The number of aryl methyl sites for hydroxylation is 1. The Morgan fingerprint density at radius 3 is 2.85 bits per heavy atom. The zero-order valence-electron chi connectivity index (χ0n) is 14.1. The smallest absolute Gasteiger partial charge is 0.277 e. The van der Waals surface area contributed by atoms with Gasteiger partial charge in [0.05, 0.1) is 6.21 Å². The molecule has 3 aromatic rings. The van der Waals surface area contributed by atoms with Gasteiger partial charge in [0.25, 0.3) is 5.91 Å². The second-order valence-electron chi connectivity index (χ2n) is 5.72. The molecular weight excluding hydrogens is 352 g/mol. The highest BCUT2D eigenvalue weighted by molar-refractivity contribution is 6.30. The second-order valence-corrected chi connectivity index (χ2v) is 6.15. The maximum atomic E-state index is 11.8. The summed E-state index contributed by atoms with van der Waals surface area (Å²) < 4.78 is 5.44. The molecule has 0 bridgehead atoms. The van der Waals surface area contributed by atoms with Crippen molar-refractivity contribution in [3.8, 4) is 11.5 Å².